The molecule has 7 heteroatoms. The Morgan fingerprint density at radius 3 is 2.88 bits per heavy atom. The van der Waals surface area contributed by atoms with Crippen LogP contribution in [-0.4, -0.2) is 34.3 Å². The van der Waals surface area contributed by atoms with Crippen molar-refractivity contribution in [2.75, 3.05) is 23.8 Å². The van der Waals surface area contributed by atoms with Crippen molar-refractivity contribution in [2.45, 2.75) is 32.6 Å². The summed E-state index contributed by atoms with van der Waals surface area (Å²) in [6.45, 7) is 2.28. The topological polar surface area (TPSA) is 66.9 Å². The highest BCUT2D eigenvalue weighted by Gasteiger charge is 2.27. The molecule has 0 atom stereocenters. The molecule has 1 aliphatic rings. The minimum atomic E-state index is -0.0669. The second-order valence-corrected chi connectivity index (χ2v) is 6.48. The predicted molar refractivity (Wildman–Crippen MR) is 91.9 cm³/mol. The molecule has 7 nitrogen and oxygen atoms in total. The first kappa shape index (κ1) is 16.4. The molecular formula is C17H25N6O+. The van der Waals surface area contributed by atoms with E-state index in [2.05, 4.69) is 22.0 Å². The number of nitrogens with one attached hydrogen (secondary N) is 1. The van der Waals surface area contributed by atoms with Crippen LogP contribution in [0.5, 0.6) is 0 Å². The molecule has 24 heavy (non-hydrogen) atoms. The smallest absolute Gasteiger partial charge is 0.297 e. The maximum absolute atomic E-state index is 12.3. The molecule has 0 unspecified atom stereocenters. The number of amides is 1. The van der Waals surface area contributed by atoms with E-state index in [1.807, 2.05) is 25.9 Å². The largest absolute Gasteiger partial charge is 0.329 e. The van der Waals surface area contributed by atoms with Gasteiger partial charge in [-0.1, -0.05) is 0 Å². The minimum Gasteiger partial charge on any atom is -0.329 e. The van der Waals surface area contributed by atoms with E-state index in [-0.39, 0.29) is 12.5 Å². The number of carbonyl (C=O) groups is 1. The Morgan fingerprint density at radius 2 is 2.17 bits per heavy atom. The molecule has 1 amide bonds. The summed E-state index contributed by atoms with van der Waals surface area (Å²) in [6.07, 6.45) is 7.93. The number of hydrogen-bond donors (Lipinski definition) is 1. The fraction of sp³-hybridized carbons (Fsp3) is 0.529. The first-order valence-corrected chi connectivity index (χ1v) is 8.33. The highest BCUT2D eigenvalue weighted by Crippen LogP contribution is 2.26. The van der Waals surface area contributed by atoms with Crippen LogP contribution in [0.1, 0.15) is 29.9 Å². The molecule has 0 aliphatic heterocycles. The Kier molecular flexibility index (Phi) is 4.51. The van der Waals surface area contributed by atoms with Crippen molar-refractivity contribution in [3.8, 4) is 0 Å². The summed E-state index contributed by atoms with van der Waals surface area (Å²) in [4.78, 5) is 19.0. The van der Waals surface area contributed by atoms with Crippen molar-refractivity contribution in [1.29, 1.82) is 0 Å². The van der Waals surface area contributed by atoms with Gasteiger partial charge in [-0.3, -0.25) is 9.48 Å². The van der Waals surface area contributed by atoms with Gasteiger partial charge in [-0.25, -0.2) is 4.57 Å². The van der Waals surface area contributed by atoms with Gasteiger partial charge in [0, 0.05) is 33.6 Å². The van der Waals surface area contributed by atoms with Gasteiger partial charge < -0.3 is 10.2 Å². The van der Waals surface area contributed by atoms with Gasteiger partial charge >= 0.3 is 0 Å². The molecule has 0 bridgehead atoms. The zero-order valence-corrected chi connectivity index (χ0v) is 14.8. The minimum absolute atomic E-state index is 0.0669. The second-order valence-electron chi connectivity index (χ2n) is 6.48. The monoisotopic (exact) mass is 329 g/mol. The quantitative estimate of drug-likeness (QED) is 0.847. The van der Waals surface area contributed by atoms with Gasteiger partial charge in [-0.2, -0.15) is 5.10 Å². The molecule has 0 saturated carbocycles. The molecule has 0 radical (unpaired) electrons. The summed E-state index contributed by atoms with van der Waals surface area (Å²) in [5.41, 5.74) is 3.34. The van der Waals surface area contributed by atoms with Crippen LogP contribution in [0, 0.1) is 6.92 Å². The fourth-order valence-electron chi connectivity index (χ4n) is 3.28. The van der Waals surface area contributed by atoms with Gasteiger partial charge in [-0.15, -0.1) is 0 Å². The third kappa shape index (κ3) is 3.25. The van der Waals surface area contributed by atoms with Crippen LogP contribution in [0.2, 0.25) is 0 Å². The standard InChI is InChI=1S/C17H24N6O/c1-12-19-17(14-7-5-6-8-15(14)23(12)4)21(2)11-16(24)20-13-9-18-22(3)10-13/h9-10H,5-8,11H2,1-4H3/p+1. The maximum atomic E-state index is 12.3. The summed E-state index contributed by atoms with van der Waals surface area (Å²) in [5, 5.41) is 6.93. The summed E-state index contributed by atoms with van der Waals surface area (Å²) in [7, 11) is 5.83. The number of rotatable bonds is 4. The van der Waals surface area contributed by atoms with Crippen molar-refractivity contribution >= 4 is 17.4 Å². The van der Waals surface area contributed by atoms with E-state index in [0.717, 1.165) is 24.5 Å². The highest BCUT2D eigenvalue weighted by molar-refractivity contribution is 5.93. The predicted octanol–water partition coefficient (Wildman–Crippen LogP) is 0.902. The van der Waals surface area contributed by atoms with Crippen LogP contribution in [0.15, 0.2) is 12.4 Å². The van der Waals surface area contributed by atoms with Gasteiger partial charge in [0.25, 0.3) is 11.6 Å². The lowest BCUT2D eigenvalue weighted by Crippen LogP contribution is -2.42. The molecule has 0 fully saturated rings. The zero-order chi connectivity index (χ0) is 17.3. The first-order valence-electron chi connectivity index (χ1n) is 8.33. The molecule has 3 rings (SSSR count). The normalized spacial score (nSPS) is 13.5. The number of nitrogens with zero attached hydrogens (tertiary/aromatic N) is 5. The van der Waals surface area contributed by atoms with Crippen molar-refractivity contribution in [2.24, 2.45) is 14.1 Å². The Hall–Kier alpha value is -2.44. The van der Waals surface area contributed by atoms with E-state index in [9.17, 15) is 4.79 Å². The number of aromatic nitrogens is 4. The number of fused-ring (bicyclic) bond motifs is 1. The van der Waals surface area contributed by atoms with Gasteiger partial charge in [0.2, 0.25) is 5.91 Å². The molecule has 2 aromatic heterocycles. The number of aryl methyl sites for hydroxylation is 2. The van der Waals surface area contributed by atoms with Crippen molar-refractivity contribution < 1.29 is 9.36 Å². The van der Waals surface area contributed by atoms with Crippen molar-refractivity contribution in [1.82, 2.24) is 14.8 Å². The zero-order valence-electron chi connectivity index (χ0n) is 14.8. The molecule has 0 spiro atoms. The number of likely N-dealkylation sites (N-methyl/N-ethyl adjacent to an activating group) is 1. The molecule has 2 aromatic rings. The highest BCUT2D eigenvalue weighted by atomic mass is 16.2. The summed E-state index contributed by atoms with van der Waals surface area (Å²) >= 11 is 0. The molecule has 1 aliphatic carbocycles. The lowest BCUT2D eigenvalue weighted by atomic mass is 9.95. The summed E-state index contributed by atoms with van der Waals surface area (Å²) < 4.78 is 3.85. The van der Waals surface area contributed by atoms with Crippen LogP contribution in [0.3, 0.4) is 0 Å². The Labute approximate surface area is 142 Å². The Morgan fingerprint density at radius 1 is 1.42 bits per heavy atom. The maximum Gasteiger partial charge on any atom is 0.297 e. The molecule has 0 aromatic carbocycles. The summed E-state index contributed by atoms with van der Waals surface area (Å²) in [6, 6.07) is 0. The lowest BCUT2D eigenvalue weighted by Gasteiger charge is -2.22. The van der Waals surface area contributed by atoms with Crippen LogP contribution in [0.25, 0.3) is 0 Å². The Bertz CT molecular complexity index is 767. The van der Waals surface area contributed by atoms with Crippen molar-refractivity contribution in [3.63, 3.8) is 0 Å². The average molecular weight is 329 g/mol. The van der Waals surface area contributed by atoms with E-state index >= 15 is 0 Å². The third-order valence-electron chi connectivity index (χ3n) is 4.60. The van der Waals surface area contributed by atoms with E-state index in [1.165, 1.54) is 24.1 Å². The first-order chi connectivity index (χ1) is 11.5. The molecule has 0 saturated heterocycles. The van der Waals surface area contributed by atoms with Crippen LogP contribution < -0.4 is 14.8 Å². The summed E-state index contributed by atoms with van der Waals surface area (Å²) in [5.74, 6) is 1.84. The van der Waals surface area contributed by atoms with Crippen LogP contribution in [-0.2, 0) is 31.7 Å². The van der Waals surface area contributed by atoms with E-state index < -0.39 is 0 Å². The van der Waals surface area contributed by atoms with Crippen LogP contribution in [0.4, 0.5) is 11.5 Å². The molecule has 2 heterocycles. The second kappa shape index (κ2) is 6.59. The lowest BCUT2D eigenvalue weighted by molar-refractivity contribution is -0.689. The van der Waals surface area contributed by atoms with Gasteiger partial charge in [0.05, 0.1) is 24.5 Å². The fourth-order valence-corrected chi connectivity index (χ4v) is 3.28. The van der Waals surface area contributed by atoms with Crippen molar-refractivity contribution in [3.05, 3.63) is 29.5 Å². The van der Waals surface area contributed by atoms with Crippen LogP contribution >= 0.6 is 0 Å². The molecule has 1 N–H and O–H groups in total. The number of carbonyl (C=O) groups excluding carboxylic acids is 1. The van der Waals surface area contributed by atoms with Gasteiger partial charge in [0.1, 0.15) is 12.2 Å². The van der Waals surface area contributed by atoms with Gasteiger partial charge in [0.15, 0.2) is 0 Å². The van der Waals surface area contributed by atoms with E-state index in [1.54, 1.807) is 17.1 Å². The SMILES string of the molecule is Cc1nc(N(C)CC(=O)Nc2cnn(C)c2)c2c([n+]1C)CCCC2. The third-order valence-corrected chi connectivity index (χ3v) is 4.60. The van der Waals surface area contributed by atoms with E-state index in [0.29, 0.717) is 5.69 Å². The average Bonchev–Trinajstić information content (AvgIpc) is 2.95. The van der Waals surface area contributed by atoms with Gasteiger partial charge in [-0.05, 0) is 24.2 Å². The number of anilines is 2. The number of hydrogen-bond acceptors (Lipinski definition) is 4. The Balaban J connectivity index is 1.78. The molecule has 128 valence electrons. The van der Waals surface area contributed by atoms with E-state index in [4.69, 9.17) is 4.98 Å². The molecular weight excluding hydrogens is 304 g/mol.